The van der Waals surface area contributed by atoms with Gasteiger partial charge in [-0.05, 0) is 38.5 Å². The van der Waals surface area contributed by atoms with Crippen LogP contribution < -0.4 is 0 Å². The number of allylic oxidation sites excluding steroid dienone is 1. The number of esters is 1. The number of benzene rings is 1. The van der Waals surface area contributed by atoms with Crippen molar-refractivity contribution in [1.29, 1.82) is 0 Å². The van der Waals surface area contributed by atoms with Crippen LogP contribution in [0.2, 0.25) is 0 Å². The third kappa shape index (κ3) is 3.40. The molecule has 0 N–H and O–H groups in total. The van der Waals surface area contributed by atoms with Gasteiger partial charge in [0.2, 0.25) is 0 Å². The van der Waals surface area contributed by atoms with E-state index in [0.29, 0.717) is 27.8 Å². The molecule has 17 heavy (non-hydrogen) atoms. The molecule has 0 aliphatic heterocycles. The van der Waals surface area contributed by atoms with Crippen LogP contribution in [0.15, 0.2) is 28.2 Å². The summed E-state index contributed by atoms with van der Waals surface area (Å²) in [6, 6.07) is 4.75. The molecule has 92 valence electrons. The van der Waals surface area contributed by atoms with Crippen molar-refractivity contribution in [2.24, 2.45) is 0 Å². The SMILES string of the molecule is CCOC(=O)/C(C)=C(/C)c1ccc(Br)cc1F. The topological polar surface area (TPSA) is 26.3 Å². The number of hydrogen-bond acceptors (Lipinski definition) is 2. The van der Waals surface area contributed by atoms with Crippen LogP contribution >= 0.6 is 15.9 Å². The van der Waals surface area contributed by atoms with Crippen LogP contribution in [0.4, 0.5) is 4.39 Å². The molecule has 4 heteroatoms. The van der Waals surface area contributed by atoms with Gasteiger partial charge < -0.3 is 4.74 Å². The van der Waals surface area contributed by atoms with Crippen molar-refractivity contribution in [3.8, 4) is 0 Å². The second kappa shape index (κ2) is 5.96. The normalized spacial score (nSPS) is 12.1. The van der Waals surface area contributed by atoms with Gasteiger partial charge in [-0.25, -0.2) is 9.18 Å². The van der Waals surface area contributed by atoms with Gasteiger partial charge in [0.25, 0.3) is 0 Å². The van der Waals surface area contributed by atoms with E-state index in [1.54, 1.807) is 32.9 Å². The van der Waals surface area contributed by atoms with Crippen molar-refractivity contribution < 1.29 is 13.9 Å². The van der Waals surface area contributed by atoms with Crippen molar-refractivity contribution >= 4 is 27.5 Å². The Balaban J connectivity index is 3.14. The first kappa shape index (κ1) is 13.9. The van der Waals surface area contributed by atoms with Crippen LogP contribution in [0.3, 0.4) is 0 Å². The van der Waals surface area contributed by atoms with E-state index < -0.39 is 5.97 Å². The van der Waals surface area contributed by atoms with Gasteiger partial charge in [0.1, 0.15) is 5.82 Å². The molecule has 0 aliphatic carbocycles. The maximum atomic E-state index is 13.7. The number of halogens is 2. The third-order valence-electron chi connectivity index (χ3n) is 2.48. The highest BCUT2D eigenvalue weighted by atomic mass is 79.9. The summed E-state index contributed by atoms with van der Waals surface area (Å²) in [4.78, 5) is 11.5. The predicted octanol–water partition coefficient (Wildman–Crippen LogP) is 3.94. The number of ether oxygens (including phenoxy) is 1. The molecule has 0 fully saturated rings. The Labute approximate surface area is 109 Å². The quantitative estimate of drug-likeness (QED) is 0.624. The van der Waals surface area contributed by atoms with Crippen molar-refractivity contribution in [1.82, 2.24) is 0 Å². The van der Waals surface area contributed by atoms with Gasteiger partial charge in [-0.2, -0.15) is 0 Å². The highest BCUT2D eigenvalue weighted by molar-refractivity contribution is 9.10. The summed E-state index contributed by atoms with van der Waals surface area (Å²) in [6.45, 7) is 5.39. The van der Waals surface area contributed by atoms with Crippen LogP contribution in [0, 0.1) is 5.82 Å². The standard InChI is InChI=1S/C13H14BrFO2/c1-4-17-13(16)9(3)8(2)11-6-5-10(14)7-12(11)15/h5-7H,4H2,1-3H3/b9-8-. The molecule has 0 radical (unpaired) electrons. The van der Waals surface area contributed by atoms with Crippen molar-refractivity contribution in [2.75, 3.05) is 6.61 Å². The second-order valence-corrected chi connectivity index (χ2v) is 4.51. The molecule has 0 heterocycles. The summed E-state index contributed by atoms with van der Waals surface area (Å²) in [5, 5.41) is 0. The minimum Gasteiger partial charge on any atom is -0.463 e. The lowest BCUT2D eigenvalue weighted by atomic mass is 10.0. The fourth-order valence-electron chi connectivity index (χ4n) is 1.39. The zero-order valence-electron chi connectivity index (χ0n) is 10.0. The minimum absolute atomic E-state index is 0.312. The highest BCUT2D eigenvalue weighted by Gasteiger charge is 2.13. The predicted molar refractivity (Wildman–Crippen MR) is 69.0 cm³/mol. The fraction of sp³-hybridized carbons (Fsp3) is 0.308. The zero-order chi connectivity index (χ0) is 13.0. The van der Waals surface area contributed by atoms with E-state index in [-0.39, 0.29) is 5.82 Å². The average molecular weight is 301 g/mol. The van der Waals surface area contributed by atoms with Crippen LogP contribution in [0.25, 0.3) is 5.57 Å². The number of hydrogen-bond donors (Lipinski definition) is 0. The first-order valence-corrected chi connectivity index (χ1v) is 6.06. The van der Waals surface area contributed by atoms with Gasteiger partial charge in [-0.15, -0.1) is 0 Å². The average Bonchev–Trinajstić information content (AvgIpc) is 2.27. The lowest BCUT2D eigenvalue weighted by Gasteiger charge is -2.08. The zero-order valence-corrected chi connectivity index (χ0v) is 11.6. The lowest BCUT2D eigenvalue weighted by Crippen LogP contribution is -2.07. The summed E-state index contributed by atoms with van der Waals surface area (Å²) in [5.74, 6) is -0.771. The van der Waals surface area contributed by atoms with Crippen LogP contribution in [-0.4, -0.2) is 12.6 Å². The molecule has 1 aromatic rings. The van der Waals surface area contributed by atoms with Crippen molar-refractivity contribution in [3.63, 3.8) is 0 Å². The Hall–Kier alpha value is -1.16. The summed E-state index contributed by atoms with van der Waals surface area (Å²) in [5.41, 5.74) is 1.43. The molecule has 0 saturated heterocycles. The van der Waals surface area contributed by atoms with Gasteiger partial charge >= 0.3 is 5.97 Å². The first-order valence-electron chi connectivity index (χ1n) is 5.27. The molecule has 0 saturated carbocycles. The van der Waals surface area contributed by atoms with Crippen molar-refractivity contribution in [2.45, 2.75) is 20.8 Å². The summed E-state index contributed by atoms with van der Waals surface area (Å²) in [6.07, 6.45) is 0. The third-order valence-corrected chi connectivity index (χ3v) is 2.97. The maximum absolute atomic E-state index is 13.7. The molecule has 2 nitrogen and oxygen atoms in total. The van der Waals surface area contributed by atoms with Gasteiger partial charge in [0.15, 0.2) is 0 Å². The highest BCUT2D eigenvalue weighted by Crippen LogP contribution is 2.24. The van der Waals surface area contributed by atoms with Crippen LogP contribution in [-0.2, 0) is 9.53 Å². The van der Waals surface area contributed by atoms with Gasteiger partial charge in [0, 0.05) is 15.6 Å². The summed E-state index contributed by atoms with van der Waals surface area (Å²) < 4.78 is 19.2. The molecule has 0 spiro atoms. The largest absolute Gasteiger partial charge is 0.463 e. The van der Waals surface area contributed by atoms with E-state index in [1.807, 2.05) is 0 Å². The second-order valence-electron chi connectivity index (χ2n) is 3.59. The fourth-order valence-corrected chi connectivity index (χ4v) is 1.72. The molecule has 0 amide bonds. The Morgan fingerprint density at radius 3 is 2.59 bits per heavy atom. The molecular formula is C13H14BrFO2. The van der Waals surface area contributed by atoms with E-state index in [1.165, 1.54) is 6.07 Å². The first-order chi connectivity index (χ1) is 7.97. The molecule has 1 rings (SSSR count). The molecular weight excluding hydrogens is 287 g/mol. The van der Waals surface area contributed by atoms with Crippen LogP contribution in [0.5, 0.6) is 0 Å². The molecule has 0 aliphatic rings. The van der Waals surface area contributed by atoms with Gasteiger partial charge in [-0.1, -0.05) is 22.0 Å². The van der Waals surface area contributed by atoms with E-state index in [0.717, 1.165) is 0 Å². The summed E-state index contributed by atoms with van der Waals surface area (Å²) >= 11 is 3.19. The maximum Gasteiger partial charge on any atom is 0.333 e. The lowest BCUT2D eigenvalue weighted by molar-refractivity contribution is -0.138. The van der Waals surface area contributed by atoms with Crippen molar-refractivity contribution in [3.05, 3.63) is 39.6 Å². The molecule has 1 aromatic carbocycles. The Morgan fingerprint density at radius 1 is 1.41 bits per heavy atom. The monoisotopic (exact) mass is 300 g/mol. The molecule has 0 atom stereocenters. The Morgan fingerprint density at radius 2 is 2.06 bits per heavy atom. The van der Waals surface area contributed by atoms with Crippen LogP contribution in [0.1, 0.15) is 26.3 Å². The van der Waals surface area contributed by atoms with E-state index in [9.17, 15) is 9.18 Å². The molecule has 0 aromatic heterocycles. The van der Waals surface area contributed by atoms with Gasteiger partial charge in [0.05, 0.1) is 6.61 Å². The molecule has 0 bridgehead atoms. The number of carbonyl (C=O) groups excluding carboxylic acids is 1. The Bertz CT molecular complexity index is 466. The van der Waals surface area contributed by atoms with E-state index >= 15 is 0 Å². The molecule has 0 unspecified atom stereocenters. The minimum atomic E-state index is -0.410. The van der Waals surface area contributed by atoms with E-state index in [4.69, 9.17) is 4.74 Å². The Kier molecular flexibility index (Phi) is 4.87. The van der Waals surface area contributed by atoms with E-state index in [2.05, 4.69) is 15.9 Å². The summed E-state index contributed by atoms with van der Waals surface area (Å²) in [7, 11) is 0. The van der Waals surface area contributed by atoms with Gasteiger partial charge in [-0.3, -0.25) is 0 Å². The number of rotatable bonds is 3. The number of carbonyl (C=O) groups is 1. The smallest absolute Gasteiger partial charge is 0.333 e.